The van der Waals surface area contributed by atoms with Crippen LogP contribution >= 0.6 is 0 Å². The van der Waals surface area contributed by atoms with Crippen LogP contribution in [-0.2, 0) is 0 Å². The Morgan fingerprint density at radius 2 is 1.80 bits per heavy atom. The summed E-state index contributed by atoms with van der Waals surface area (Å²) in [6.45, 7) is 9.77. The molecule has 15 heavy (non-hydrogen) atoms. The summed E-state index contributed by atoms with van der Waals surface area (Å²) >= 11 is 0. The van der Waals surface area contributed by atoms with Gasteiger partial charge in [0.1, 0.15) is 5.67 Å². The van der Waals surface area contributed by atoms with Crippen molar-refractivity contribution >= 4 is 0 Å². The molecule has 1 N–H and O–H groups in total. The minimum absolute atomic E-state index is 0.108. The Hall–Kier alpha value is -0.110. The van der Waals surface area contributed by atoms with E-state index in [-0.39, 0.29) is 18.4 Å². The highest BCUT2D eigenvalue weighted by atomic mass is 19.1. The Kier molecular flexibility index (Phi) is 6.42. The Morgan fingerprint density at radius 1 is 1.27 bits per heavy atom. The fourth-order valence-electron chi connectivity index (χ4n) is 2.49. The molecule has 0 aliphatic rings. The van der Waals surface area contributed by atoms with Gasteiger partial charge in [-0.1, -0.05) is 27.2 Å². The Balaban J connectivity index is 4.35. The number of aliphatic hydroxyl groups excluding tert-OH is 1. The fraction of sp³-hybridized carbons (Fsp3) is 1.00. The Morgan fingerprint density at radius 3 is 2.13 bits per heavy atom. The third kappa shape index (κ3) is 5.50. The van der Waals surface area contributed by atoms with Gasteiger partial charge in [-0.15, -0.1) is 0 Å². The lowest BCUT2D eigenvalue weighted by Gasteiger charge is -2.33. The van der Waals surface area contributed by atoms with Crippen molar-refractivity contribution in [1.82, 2.24) is 0 Å². The average molecular weight is 218 g/mol. The standard InChI is InChI=1S/C13H27FO/c1-6-7-12(13(4,5)14)11(3)8-10(2)9-15/h10-12,15H,6-9H2,1-5H3/t10-,11+,12+/m1/s1. The van der Waals surface area contributed by atoms with Crippen LogP contribution in [-0.4, -0.2) is 17.4 Å². The monoisotopic (exact) mass is 218 g/mol. The lowest BCUT2D eigenvalue weighted by Crippen LogP contribution is -2.32. The third-order valence-electron chi connectivity index (χ3n) is 3.25. The summed E-state index contributed by atoms with van der Waals surface area (Å²) in [4.78, 5) is 0. The highest BCUT2D eigenvalue weighted by Gasteiger charge is 2.33. The minimum atomic E-state index is -1.11. The summed E-state index contributed by atoms with van der Waals surface area (Å²) in [6, 6.07) is 0. The van der Waals surface area contributed by atoms with E-state index in [0.29, 0.717) is 5.92 Å². The van der Waals surface area contributed by atoms with Crippen LogP contribution in [0.1, 0.15) is 53.9 Å². The molecule has 0 bridgehead atoms. The summed E-state index contributed by atoms with van der Waals surface area (Å²) < 4.78 is 14.0. The molecular weight excluding hydrogens is 191 g/mol. The molecule has 0 radical (unpaired) electrons. The van der Waals surface area contributed by atoms with E-state index >= 15 is 0 Å². The number of alkyl halides is 1. The molecule has 0 saturated carbocycles. The van der Waals surface area contributed by atoms with Crippen LogP contribution in [0.25, 0.3) is 0 Å². The number of halogens is 1. The first-order chi connectivity index (χ1) is 6.82. The van der Waals surface area contributed by atoms with Gasteiger partial charge in [-0.05, 0) is 44.4 Å². The number of hydrogen-bond acceptors (Lipinski definition) is 1. The molecule has 0 unspecified atom stereocenters. The smallest absolute Gasteiger partial charge is 0.108 e. The van der Waals surface area contributed by atoms with Gasteiger partial charge >= 0.3 is 0 Å². The van der Waals surface area contributed by atoms with E-state index in [9.17, 15) is 4.39 Å². The van der Waals surface area contributed by atoms with Crippen LogP contribution in [0, 0.1) is 17.8 Å². The second kappa shape index (κ2) is 6.47. The first kappa shape index (κ1) is 14.9. The summed E-state index contributed by atoms with van der Waals surface area (Å²) in [5.74, 6) is 0.727. The van der Waals surface area contributed by atoms with Crippen LogP contribution < -0.4 is 0 Å². The maximum atomic E-state index is 14.0. The predicted molar refractivity (Wildman–Crippen MR) is 63.6 cm³/mol. The van der Waals surface area contributed by atoms with E-state index in [4.69, 9.17) is 5.11 Å². The van der Waals surface area contributed by atoms with E-state index in [0.717, 1.165) is 19.3 Å². The fourth-order valence-corrected chi connectivity index (χ4v) is 2.49. The van der Waals surface area contributed by atoms with Crippen molar-refractivity contribution in [3.8, 4) is 0 Å². The van der Waals surface area contributed by atoms with Gasteiger partial charge in [-0.2, -0.15) is 0 Å². The maximum absolute atomic E-state index is 14.0. The minimum Gasteiger partial charge on any atom is -0.396 e. The quantitative estimate of drug-likeness (QED) is 0.689. The van der Waals surface area contributed by atoms with Crippen molar-refractivity contribution in [3.05, 3.63) is 0 Å². The molecule has 0 heterocycles. The van der Waals surface area contributed by atoms with Crippen LogP contribution in [0.2, 0.25) is 0 Å². The molecule has 1 nitrogen and oxygen atoms in total. The van der Waals surface area contributed by atoms with E-state index in [1.807, 2.05) is 6.92 Å². The zero-order valence-corrected chi connectivity index (χ0v) is 10.9. The van der Waals surface area contributed by atoms with Crippen molar-refractivity contribution in [2.75, 3.05) is 6.61 Å². The highest BCUT2D eigenvalue weighted by Crippen LogP contribution is 2.35. The molecule has 0 aliphatic heterocycles. The van der Waals surface area contributed by atoms with E-state index in [2.05, 4.69) is 13.8 Å². The highest BCUT2D eigenvalue weighted by molar-refractivity contribution is 4.82. The molecule has 0 saturated heterocycles. The number of aliphatic hydroxyl groups is 1. The van der Waals surface area contributed by atoms with Gasteiger partial charge < -0.3 is 5.11 Å². The Bertz CT molecular complexity index is 162. The van der Waals surface area contributed by atoms with Crippen LogP contribution in [0.5, 0.6) is 0 Å². The first-order valence-corrected chi connectivity index (χ1v) is 6.12. The van der Waals surface area contributed by atoms with Gasteiger partial charge in [0.2, 0.25) is 0 Å². The molecule has 2 heteroatoms. The maximum Gasteiger partial charge on any atom is 0.108 e. The van der Waals surface area contributed by atoms with Crippen molar-refractivity contribution in [2.45, 2.75) is 59.5 Å². The zero-order chi connectivity index (χ0) is 12.1. The second-order valence-corrected chi connectivity index (χ2v) is 5.46. The van der Waals surface area contributed by atoms with Gasteiger partial charge in [0.25, 0.3) is 0 Å². The third-order valence-corrected chi connectivity index (χ3v) is 3.25. The largest absolute Gasteiger partial charge is 0.396 e. The first-order valence-electron chi connectivity index (χ1n) is 6.12. The molecule has 0 rings (SSSR count). The lowest BCUT2D eigenvalue weighted by molar-refractivity contribution is 0.0629. The Labute approximate surface area is 94.1 Å². The van der Waals surface area contributed by atoms with E-state index < -0.39 is 5.67 Å². The number of rotatable bonds is 7. The average Bonchev–Trinajstić information content (AvgIpc) is 2.11. The van der Waals surface area contributed by atoms with Crippen LogP contribution in [0.15, 0.2) is 0 Å². The summed E-state index contributed by atoms with van der Waals surface area (Å²) in [5, 5.41) is 9.00. The molecule has 0 spiro atoms. The normalized spacial score (nSPS) is 18.6. The van der Waals surface area contributed by atoms with Crippen molar-refractivity contribution in [1.29, 1.82) is 0 Å². The molecule has 0 aromatic heterocycles. The summed E-state index contributed by atoms with van der Waals surface area (Å²) in [6.07, 6.45) is 2.87. The summed E-state index contributed by atoms with van der Waals surface area (Å²) in [5.41, 5.74) is -1.11. The molecule has 0 aliphatic carbocycles. The molecule has 0 amide bonds. The van der Waals surface area contributed by atoms with Crippen LogP contribution in [0.3, 0.4) is 0 Å². The molecule has 92 valence electrons. The van der Waals surface area contributed by atoms with Crippen molar-refractivity contribution < 1.29 is 9.50 Å². The van der Waals surface area contributed by atoms with Gasteiger partial charge in [0.05, 0.1) is 0 Å². The molecule has 0 fully saturated rings. The predicted octanol–water partition coefficient (Wildman–Crippen LogP) is 3.81. The lowest BCUT2D eigenvalue weighted by atomic mass is 9.76. The molecule has 0 aromatic rings. The number of hydrogen-bond donors (Lipinski definition) is 1. The molecule has 3 atom stereocenters. The SMILES string of the molecule is CCC[C@@H]([C@@H](C)C[C@@H](C)CO)C(C)(C)F. The summed E-state index contributed by atoms with van der Waals surface area (Å²) in [7, 11) is 0. The molecular formula is C13H27FO. The van der Waals surface area contributed by atoms with Crippen molar-refractivity contribution in [2.24, 2.45) is 17.8 Å². The van der Waals surface area contributed by atoms with Crippen LogP contribution in [0.4, 0.5) is 4.39 Å². The van der Waals surface area contributed by atoms with Gasteiger partial charge in [-0.3, -0.25) is 0 Å². The van der Waals surface area contributed by atoms with Gasteiger partial charge in [0.15, 0.2) is 0 Å². The topological polar surface area (TPSA) is 20.2 Å². The van der Waals surface area contributed by atoms with E-state index in [1.54, 1.807) is 13.8 Å². The molecule has 0 aromatic carbocycles. The van der Waals surface area contributed by atoms with Gasteiger partial charge in [-0.25, -0.2) is 4.39 Å². The van der Waals surface area contributed by atoms with E-state index in [1.165, 1.54) is 0 Å². The van der Waals surface area contributed by atoms with Gasteiger partial charge in [0, 0.05) is 6.61 Å². The second-order valence-electron chi connectivity index (χ2n) is 5.46. The van der Waals surface area contributed by atoms with Crippen molar-refractivity contribution in [3.63, 3.8) is 0 Å². The zero-order valence-electron chi connectivity index (χ0n) is 10.9.